The Bertz CT molecular complexity index is 714. The SMILES string of the molecule is COC1CCC(CNC(=O)C2CC3C(=O)N4CCCCC4NC3[NH+](CCCOC(C)C)C2N)CC1. The van der Waals surface area contributed by atoms with Gasteiger partial charge in [0.15, 0.2) is 12.3 Å². The number of fused-ring (bicyclic) bond motifs is 2. The third-order valence-corrected chi connectivity index (χ3v) is 8.74. The molecule has 3 aliphatic heterocycles. The van der Waals surface area contributed by atoms with Gasteiger partial charge in [0.1, 0.15) is 11.8 Å². The van der Waals surface area contributed by atoms with E-state index in [1.54, 1.807) is 7.11 Å². The van der Waals surface area contributed by atoms with Gasteiger partial charge in [0.05, 0.1) is 31.5 Å². The van der Waals surface area contributed by atoms with Crippen molar-refractivity contribution >= 4 is 11.8 Å². The molecular formula is C26H48N5O4+. The Hall–Kier alpha value is -1.26. The topological polar surface area (TPSA) is 110 Å². The highest BCUT2D eigenvalue weighted by molar-refractivity contribution is 5.83. The molecule has 4 aliphatic rings. The van der Waals surface area contributed by atoms with Gasteiger partial charge in [0.25, 0.3) is 0 Å². The number of hydrogen-bond acceptors (Lipinski definition) is 6. The average molecular weight is 495 g/mol. The van der Waals surface area contributed by atoms with E-state index in [0.29, 0.717) is 31.6 Å². The van der Waals surface area contributed by atoms with Crippen molar-refractivity contribution in [2.45, 2.75) is 102 Å². The van der Waals surface area contributed by atoms with Crippen molar-refractivity contribution in [3.8, 4) is 0 Å². The highest BCUT2D eigenvalue weighted by Crippen LogP contribution is 2.30. The van der Waals surface area contributed by atoms with Gasteiger partial charge >= 0.3 is 0 Å². The minimum atomic E-state index is -0.361. The Kier molecular flexibility index (Phi) is 9.43. The summed E-state index contributed by atoms with van der Waals surface area (Å²) in [7, 11) is 1.78. The fraction of sp³-hybridized carbons (Fsp3) is 0.923. The van der Waals surface area contributed by atoms with Gasteiger partial charge in [0.2, 0.25) is 11.8 Å². The number of nitrogens with one attached hydrogen (secondary N) is 3. The van der Waals surface area contributed by atoms with Crippen LogP contribution < -0.4 is 21.3 Å². The molecule has 3 heterocycles. The lowest BCUT2D eigenvalue weighted by Crippen LogP contribution is -3.26. The molecule has 9 heteroatoms. The maximum absolute atomic E-state index is 13.6. The van der Waals surface area contributed by atoms with Crippen molar-refractivity contribution in [3.05, 3.63) is 0 Å². The van der Waals surface area contributed by atoms with Crippen LogP contribution in [0.15, 0.2) is 0 Å². The van der Waals surface area contributed by atoms with Gasteiger partial charge in [-0.2, -0.15) is 0 Å². The summed E-state index contributed by atoms with van der Waals surface area (Å²) in [4.78, 5) is 30.1. The Labute approximate surface area is 210 Å². The minimum absolute atomic E-state index is 0.00862. The van der Waals surface area contributed by atoms with E-state index in [1.165, 1.54) is 0 Å². The van der Waals surface area contributed by atoms with E-state index in [0.717, 1.165) is 69.4 Å². The summed E-state index contributed by atoms with van der Waals surface area (Å²) < 4.78 is 11.2. The van der Waals surface area contributed by atoms with Crippen LogP contribution in [0.25, 0.3) is 0 Å². The van der Waals surface area contributed by atoms with Crippen LogP contribution in [0.5, 0.6) is 0 Å². The van der Waals surface area contributed by atoms with Crippen LogP contribution in [0.2, 0.25) is 0 Å². The lowest BCUT2D eigenvalue weighted by Gasteiger charge is -2.52. The summed E-state index contributed by atoms with van der Waals surface area (Å²) in [6.07, 6.45) is 9.08. The van der Waals surface area contributed by atoms with E-state index in [2.05, 4.69) is 10.6 Å². The molecule has 6 atom stereocenters. The predicted molar refractivity (Wildman–Crippen MR) is 133 cm³/mol. The zero-order valence-corrected chi connectivity index (χ0v) is 22.0. The molecule has 0 spiro atoms. The summed E-state index contributed by atoms with van der Waals surface area (Å²) in [5, 5.41) is 6.99. The zero-order valence-electron chi connectivity index (χ0n) is 22.0. The number of hydrogen-bond donors (Lipinski definition) is 4. The van der Waals surface area contributed by atoms with E-state index in [-0.39, 0.29) is 48.3 Å². The number of ether oxygens (including phenoxy) is 2. The molecule has 4 fully saturated rings. The fourth-order valence-electron chi connectivity index (χ4n) is 6.67. The van der Waals surface area contributed by atoms with E-state index < -0.39 is 0 Å². The lowest BCUT2D eigenvalue weighted by molar-refractivity contribution is -0.965. The van der Waals surface area contributed by atoms with Crippen molar-refractivity contribution in [3.63, 3.8) is 0 Å². The Morgan fingerprint density at radius 2 is 2.00 bits per heavy atom. The maximum Gasteiger partial charge on any atom is 0.234 e. The predicted octanol–water partition coefficient (Wildman–Crippen LogP) is 0.197. The molecule has 4 rings (SSSR count). The van der Waals surface area contributed by atoms with Crippen LogP contribution in [0.1, 0.15) is 71.6 Å². The molecule has 35 heavy (non-hydrogen) atoms. The van der Waals surface area contributed by atoms with Gasteiger partial charge in [-0.15, -0.1) is 0 Å². The number of quaternary nitrogens is 1. The molecule has 200 valence electrons. The second-order valence-electron chi connectivity index (χ2n) is 11.4. The van der Waals surface area contributed by atoms with E-state index >= 15 is 0 Å². The number of likely N-dealkylation sites (tertiary alicyclic amines) is 1. The number of piperidine rings is 2. The molecule has 5 N–H and O–H groups in total. The van der Waals surface area contributed by atoms with E-state index in [1.807, 2.05) is 18.7 Å². The molecular weight excluding hydrogens is 446 g/mol. The molecule has 1 aliphatic carbocycles. The monoisotopic (exact) mass is 494 g/mol. The van der Waals surface area contributed by atoms with E-state index in [9.17, 15) is 9.59 Å². The number of amides is 2. The van der Waals surface area contributed by atoms with Gasteiger partial charge in [-0.3, -0.25) is 15.3 Å². The summed E-state index contributed by atoms with van der Waals surface area (Å²) in [6, 6.07) is 0. The largest absolute Gasteiger partial charge is 0.381 e. The first-order chi connectivity index (χ1) is 16.9. The number of nitrogens with zero attached hydrogens (tertiary/aromatic N) is 1. The third kappa shape index (κ3) is 6.36. The highest BCUT2D eigenvalue weighted by Gasteiger charge is 2.55. The molecule has 6 unspecified atom stereocenters. The Morgan fingerprint density at radius 3 is 2.71 bits per heavy atom. The molecule has 1 saturated carbocycles. The van der Waals surface area contributed by atoms with Crippen LogP contribution in [0, 0.1) is 17.8 Å². The summed E-state index contributed by atoms with van der Waals surface area (Å²) in [5.41, 5.74) is 6.81. The lowest BCUT2D eigenvalue weighted by atomic mass is 9.80. The molecule has 0 bridgehead atoms. The van der Waals surface area contributed by atoms with Gasteiger partial charge in [-0.25, -0.2) is 5.32 Å². The fourth-order valence-corrected chi connectivity index (χ4v) is 6.67. The van der Waals surface area contributed by atoms with Gasteiger partial charge in [0, 0.05) is 26.6 Å². The Balaban J connectivity index is 1.41. The summed E-state index contributed by atoms with van der Waals surface area (Å²) >= 11 is 0. The second kappa shape index (κ2) is 12.3. The first-order valence-corrected chi connectivity index (χ1v) is 14.0. The van der Waals surface area contributed by atoms with Crippen molar-refractivity contribution in [2.75, 3.05) is 33.4 Å². The summed E-state index contributed by atoms with van der Waals surface area (Å²) in [5.74, 6) is 0.130. The molecule has 0 aromatic carbocycles. The smallest absolute Gasteiger partial charge is 0.234 e. The number of carbonyl (C=O) groups is 2. The van der Waals surface area contributed by atoms with Crippen LogP contribution in [-0.4, -0.2) is 80.8 Å². The maximum atomic E-state index is 13.6. The standard InChI is InChI=1S/C26H47N5O4/c1-17(2)35-14-6-13-31-23(27)20(25(32)28-16-18-8-10-19(34-3)11-9-18)15-21-24(31)29-22-7-4-5-12-30(22)26(21)33/h17-24,29H,4-16,27H2,1-3H3,(H,28,32)/p+1. The van der Waals surface area contributed by atoms with Crippen LogP contribution in [-0.2, 0) is 19.1 Å². The minimum Gasteiger partial charge on any atom is -0.381 e. The molecule has 0 aromatic rings. The molecule has 0 radical (unpaired) electrons. The van der Waals surface area contributed by atoms with Crippen molar-refractivity contribution < 1.29 is 24.0 Å². The molecule has 3 saturated heterocycles. The third-order valence-electron chi connectivity index (χ3n) is 8.74. The second-order valence-corrected chi connectivity index (χ2v) is 11.4. The first-order valence-electron chi connectivity index (χ1n) is 14.0. The number of rotatable bonds is 9. The molecule has 0 aromatic heterocycles. The van der Waals surface area contributed by atoms with Crippen LogP contribution in [0.3, 0.4) is 0 Å². The van der Waals surface area contributed by atoms with Crippen molar-refractivity contribution in [1.29, 1.82) is 0 Å². The van der Waals surface area contributed by atoms with E-state index in [4.69, 9.17) is 15.2 Å². The van der Waals surface area contributed by atoms with Crippen molar-refractivity contribution in [2.24, 2.45) is 23.5 Å². The number of nitrogens with two attached hydrogens (primary N) is 1. The van der Waals surface area contributed by atoms with Gasteiger partial charge in [-0.05, 0) is 71.1 Å². The number of carbonyl (C=O) groups excluding carboxylic acids is 2. The van der Waals surface area contributed by atoms with Gasteiger partial charge < -0.3 is 24.6 Å². The van der Waals surface area contributed by atoms with Crippen LogP contribution >= 0.6 is 0 Å². The quantitative estimate of drug-likeness (QED) is 0.341. The zero-order chi connectivity index (χ0) is 24.9. The molecule has 9 nitrogen and oxygen atoms in total. The first kappa shape index (κ1) is 26.8. The normalized spacial score (nSPS) is 37.6. The Morgan fingerprint density at radius 1 is 1.23 bits per heavy atom. The highest BCUT2D eigenvalue weighted by atomic mass is 16.5. The summed E-state index contributed by atoms with van der Waals surface area (Å²) in [6.45, 7) is 7.02. The number of methoxy groups -OCH3 is 1. The van der Waals surface area contributed by atoms with Crippen molar-refractivity contribution in [1.82, 2.24) is 15.5 Å². The molecule has 2 amide bonds. The average Bonchev–Trinajstić information content (AvgIpc) is 2.86. The van der Waals surface area contributed by atoms with Gasteiger partial charge in [-0.1, -0.05) is 0 Å². The van der Waals surface area contributed by atoms with Crippen LogP contribution in [0.4, 0.5) is 0 Å².